The van der Waals surface area contributed by atoms with Gasteiger partial charge in [-0.15, -0.1) is 0 Å². The predicted octanol–water partition coefficient (Wildman–Crippen LogP) is 1.49. The van der Waals surface area contributed by atoms with Crippen LogP contribution in [0.2, 0.25) is 0 Å². The molecule has 1 unspecified atom stereocenters. The molecule has 1 aliphatic rings. The molecule has 4 nitrogen and oxygen atoms in total. The van der Waals surface area contributed by atoms with Gasteiger partial charge in [-0.25, -0.2) is 0 Å². The van der Waals surface area contributed by atoms with Crippen LogP contribution in [0.5, 0.6) is 0 Å². The number of para-hydroxylation sites is 1. The van der Waals surface area contributed by atoms with Crippen molar-refractivity contribution in [2.75, 3.05) is 11.9 Å². The van der Waals surface area contributed by atoms with Crippen LogP contribution in [0.3, 0.4) is 0 Å². The highest BCUT2D eigenvalue weighted by Gasteiger charge is 2.30. The largest absolute Gasteiger partial charge is 0.324 e. The smallest absolute Gasteiger partial charge is 0.246 e. The van der Waals surface area contributed by atoms with Gasteiger partial charge in [-0.2, -0.15) is 5.26 Å². The first-order valence-electron chi connectivity index (χ1n) is 5.24. The highest BCUT2D eigenvalue weighted by Crippen LogP contribution is 2.32. The van der Waals surface area contributed by atoms with Gasteiger partial charge in [0.25, 0.3) is 0 Å². The number of hydrogen-bond donors (Lipinski definition) is 2. The van der Waals surface area contributed by atoms with Crippen molar-refractivity contribution in [3.05, 3.63) is 29.3 Å². The lowest BCUT2D eigenvalue weighted by atomic mass is 10.1. The van der Waals surface area contributed by atoms with Gasteiger partial charge in [-0.05, 0) is 12.5 Å². The molecule has 1 aromatic rings. The molecular weight excluding hydrogens is 202 g/mol. The van der Waals surface area contributed by atoms with E-state index in [2.05, 4.69) is 10.6 Å². The maximum absolute atomic E-state index is 11.7. The Morgan fingerprint density at radius 1 is 1.56 bits per heavy atom. The molecule has 0 fully saturated rings. The van der Waals surface area contributed by atoms with Crippen LogP contribution in [-0.4, -0.2) is 12.5 Å². The van der Waals surface area contributed by atoms with E-state index < -0.39 is 0 Å². The Morgan fingerprint density at radius 2 is 2.38 bits per heavy atom. The molecule has 0 saturated heterocycles. The summed E-state index contributed by atoms with van der Waals surface area (Å²) in [6.45, 7) is 2.50. The molecule has 2 rings (SSSR count). The maximum atomic E-state index is 11.7. The summed E-state index contributed by atoms with van der Waals surface area (Å²) in [5.41, 5.74) is 2.94. The summed E-state index contributed by atoms with van der Waals surface area (Å²) in [6, 6.07) is 7.57. The third kappa shape index (κ3) is 1.77. The summed E-state index contributed by atoms with van der Waals surface area (Å²) >= 11 is 0. The number of fused-ring (bicyclic) bond motifs is 1. The van der Waals surface area contributed by atoms with Crippen molar-refractivity contribution >= 4 is 11.6 Å². The minimum Gasteiger partial charge on any atom is -0.324 e. The van der Waals surface area contributed by atoms with Crippen molar-refractivity contribution in [2.24, 2.45) is 0 Å². The third-order valence-electron chi connectivity index (χ3n) is 2.71. The van der Waals surface area contributed by atoms with Crippen LogP contribution in [-0.2, 0) is 4.79 Å². The maximum Gasteiger partial charge on any atom is 0.246 e. The molecule has 2 N–H and O–H groups in total. The van der Waals surface area contributed by atoms with Gasteiger partial charge in [-0.1, -0.05) is 18.2 Å². The molecule has 1 atom stereocenters. The Kier molecular flexibility index (Phi) is 2.88. The molecule has 0 spiro atoms. The number of nitriles is 1. The molecule has 1 aliphatic heterocycles. The summed E-state index contributed by atoms with van der Waals surface area (Å²) < 4.78 is 0. The second kappa shape index (κ2) is 4.33. The second-order valence-corrected chi connectivity index (χ2v) is 3.82. The topological polar surface area (TPSA) is 64.9 Å². The zero-order chi connectivity index (χ0) is 11.5. The predicted molar refractivity (Wildman–Crippen MR) is 60.8 cm³/mol. The molecule has 0 bridgehead atoms. The minimum atomic E-state index is -0.316. The Labute approximate surface area is 94.3 Å². The lowest BCUT2D eigenvalue weighted by Gasteiger charge is -2.09. The first kappa shape index (κ1) is 10.7. The van der Waals surface area contributed by atoms with E-state index >= 15 is 0 Å². The Morgan fingerprint density at radius 3 is 3.12 bits per heavy atom. The summed E-state index contributed by atoms with van der Waals surface area (Å²) in [4.78, 5) is 11.7. The molecule has 0 saturated carbocycles. The molecule has 0 radical (unpaired) electrons. The van der Waals surface area contributed by atoms with Crippen LogP contribution < -0.4 is 10.6 Å². The average Bonchev–Trinajstić information content (AvgIpc) is 2.58. The van der Waals surface area contributed by atoms with Crippen LogP contribution in [0, 0.1) is 18.3 Å². The van der Waals surface area contributed by atoms with E-state index in [9.17, 15) is 4.79 Å². The SMILES string of the molecule is Cc1cccc2c1NC(=O)C2NCCC#N. The van der Waals surface area contributed by atoms with Crippen molar-refractivity contribution in [3.63, 3.8) is 0 Å². The number of benzene rings is 1. The van der Waals surface area contributed by atoms with Crippen LogP contribution in [0.1, 0.15) is 23.6 Å². The highest BCUT2D eigenvalue weighted by molar-refractivity contribution is 6.03. The zero-order valence-electron chi connectivity index (χ0n) is 9.08. The molecule has 1 amide bonds. The lowest BCUT2D eigenvalue weighted by Crippen LogP contribution is -2.28. The van der Waals surface area contributed by atoms with Gasteiger partial charge in [-0.3, -0.25) is 4.79 Å². The van der Waals surface area contributed by atoms with Gasteiger partial charge in [0.1, 0.15) is 6.04 Å². The highest BCUT2D eigenvalue weighted by atomic mass is 16.2. The van der Waals surface area contributed by atoms with E-state index in [4.69, 9.17) is 5.26 Å². The van der Waals surface area contributed by atoms with Crippen LogP contribution >= 0.6 is 0 Å². The Balaban J connectivity index is 2.20. The van der Waals surface area contributed by atoms with E-state index in [1.54, 1.807) is 0 Å². The third-order valence-corrected chi connectivity index (χ3v) is 2.71. The van der Waals surface area contributed by atoms with Crippen LogP contribution in [0.4, 0.5) is 5.69 Å². The summed E-state index contributed by atoms with van der Waals surface area (Å²) in [6.07, 6.45) is 0.408. The van der Waals surface area contributed by atoms with Crippen molar-refractivity contribution in [1.29, 1.82) is 5.26 Å². The number of nitrogens with zero attached hydrogens (tertiary/aromatic N) is 1. The summed E-state index contributed by atoms with van der Waals surface area (Å²) in [5, 5.41) is 14.4. The fourth-order valence-corrected chi connectivity index (χ4v) is 1.91. The number of carbonyl (C=O) groups excluding carboxylic acids is 1. The normalized spacial score (nSPS) is 17.8. The number of hydrogen-bond acceptors (Lipinski definition) is 3. The monoisotopic (exact) mass is 215 g/mol. The Bertz CT molecular complexity index is 462. The van der Waals surface area contributed by atoms with Gasteiger partial charge in [0, 0.05) is 24.2 Å². The average molecular weight is 215 g/mol. The number of carbonyl (C=O) groups is 1. The second-order valence-electron chi connectivity index (χ2n) is 3.82. The van der Waals surface area contributed by atoms with Crippen molar-refractivity contribution < 1.29 is 4.79 Å². The molecule has 1 heterocycles. The molecule has 0 aliphatic carbocycles. The van der Waals surface area contributed by atoms with Crippen LogP contribution in [0.25, 0.3) is 0 Å². The van der Waals surface area contributed by atoms with Gasteiger partial charge < -0.3 is 10.6 Å². The lowest BCUT2D eigenvalue weighted by molar-refractivity contribution is -0.117. The van der Waals surface area contributed by atoms with E-state index in [0.717, 1.165) is 16.8 Å². The fraction of sp³-hybridized carbons (Fsp3) is 0.333. The molecular formula is C12H13N3O. The van der Waals surface area contributed by atoms with Gasteiger partial charge in [0.2, 0.25) is 5.91 Å². The molecule has 82 valence electrons. The minimum absolute atomic E-state index is 0.0396. The molecule has 16 heavy (non-hydrogen) atoms. The first-order chi connectivity index (χ1) is 7.74. The Hall–Kier alpha value is -1.86. The fourth-order valence-electron chi connectivity index (χ4n) is 1.91. The number of anilines is 1. The van der Waals surface area contributed by atoms with Crippen molar-refractivity contribution in [2.45, 2.75) is 19.4 Å². The van der Waals surface area contributed by atoms with Crippen molar-refractivity contribution in [3.8, 4) is 6.07 Å². The van der Waals surface area contributed by atoms with Crippen molar-refractivity contribution in [1.82, 2.24) is 5.32 Å². The number of amides is 1. The van der Waals surface area contributed by atoms with Crippen LogP contribution in [0.15, 0.2) is 18.2 Å². The number of nitrogens with one attached hydrogen (secondary N) is 2. The zero-order valence-corrected chi connectivity index (χ0v) is 9.08. The van der Waals surface area contributed by atoms with Gasteiger partial charge in [0.15, 0.2) is 0 Å². The summed E-state index contributed by atoms with van der Waals surface area (Å²) in [7, 11) is 0. The number of rotatable bonds is 3. The van der Waals surface area contributed by atoms with E-state index in [0.29, 0.717) is 13.0 Å². The van der Waals surface area contributed by atoms with Gasteiger partial charge in [0.05, 0.1) is 6.07 Å². The van der Waals surface area contributed by atoms with Gasteiger partial charge >= 0.3 is 0 Å². The summed E-state index contributed by atoms with van der Waals surface area (Å²) in [5.74, 6) is -0.0396. The molecule has 0 aromatic heterocycles. The van der Waals surface area contributed by atoms with E-state index in [-0.39, 0.29) is 11.9 Å². The molecule has 1 aromatic carbocycles. The number of aryl methyl sites for hydroxylation is 1. The first-order valence-corrected chi connectivity index (χ1v) is 5.24. The van der Waals surface area contributed by atoms with E-state index in [1.165, 1.54) is 0 Å². The van der Waals surface area contributed by atoms with E-state index in [1.807, 2.05) is 31.2 Å². The quantitative estimate of drug-likeness (QED) is 0.751. The standard InChI is InChI=1S/C12H13N3O/c1-8-4-2-5-9-10(8)15-12(16)11(9)14-7-3-6-13/h2,4-5,11,14H,3,7H2,1H3,(H,15,16). The molecule has 4 heteroatoms.